The summed E-state index contributed by atoms with van der Waals surface area (Å²) in [6.45, 7) is 3.38. The van der Waals surface area contributed by atoms with Crippen molar-refractivity contribution in [3.05, 3.63) is 34.2 Å². The van der Waals surface area contributed by atoms with Gasteiger partial charge in [-0.15, -0.1) is 0 Å². The number of hydrogen-bond acceptors (Lipinski definition) is 3. The molecule has 0 bridgehead atoms. The molecule has 2 aliphatic rings. The molecule has 1 aliphatic heterocycles. The number of aromatic amines is 2. The molecule has 0 radical (unpaired) electrons. The lowest BCUT2D eigenvalue weighted by atomic mass is 10.0. The van der Waals surface area contributed by atoms with Crippen molar-refractivity contribution in [2.75, 3.05) is 19.6 Å². The van der Waals surface area contributed by atoms with E-state index in [0.29, 0.717) is 11.1 Å². The Hall–Kier alpha value is -2.08. The minimum absolute atomic E-state index is 0.0572. The standard InChI is InChI=1S/C19H26N4O2/c24-18(14-5-6-16-17(11-14)22-19(25)21-16)20-15-7-9-23(10-8-15)12-13-3-1-2-4-13/h5-6,11,13,15H,1-4,7-10,12H2,(H,20,24)(H2,21,22,25). The highest BCUT2D eigenvalue weighted by atomic mass is 16.2. The molecule has 0 spiro atoms. The summed E-state index contributed by atoms with van der Waals surface area (Å²) in [6.07, 6.45) is 7.60. The van der Waals surface area contributed by atoms with E-state index in [1.165, 1.54) is 32.2 Å². The van der Waals surface area contributed by atoms with E-state index >= 15 is 0 Å². The minimum atomic E-state index is -0.248. The third kappa shape index (κ3) is 3.79. The van der Waals surface area contributed by atoms with E-state index in [0.717, 1.165) is 37.4 Å². The molecule has 1 saturated heterocycles. The molecule has 25 heavy (non-hydrogen) atoms. The Labute approximate surface area is 147 Å². The van der Waals surface area contributed by atoms with Crippen molar-refractivity contribution >= 4 is 16.9 Å². The zero-order valence-corrected chi connectivity index (χ0v) is 14.5. The second-order valence-electron chi connectivity index (χ2n) is 7.54. The first-order chi connectivity index (χ1) is 12.2. The largest absolute Gasteiger partial charge is 0.349 e. The van der Waals surface area contributed by atoms with Gasteiger partial charge in [0.25, 0.3) is 5.91 Å². The quantitative estimate of drug-likeness (QED) is 0.797. The van der Waals surface area contributed by atoms with Gasteiger partial charge in [-0.3, -0.25) is 4.79 Å². The van der Waals surface area contributed by atoms with Crippen molar-refractivity contribution in [3.63, 3.8) is 0 Å². The minimum Gasteiger partial charge on any atom is -0.349 e. The number of carbonyl (C=O) groups excluding carboxylic acids is 1. The normalized spacial score (nSPS) is 20.3. The fourth-order valence-corrected chi connectivity index (χ4v) is 4.26. The van der Waals surface area contributed by atoms with Gasteiger partial charge in [-0.25, -0.2) is 4.79 Å². The van der Waals surface area contributed by atoms with Crippen LogP contribution in [0.25, 0.3) is 11.0 Å². The average molecular weight is 342 g/mol. The van der Waals surface area contributed by atoms with Crippen molar-refractivity contribution in [3.8, 4) is 0 Å². The zero-order valence-electron chi connectivity index (χ0n) is 14.5. The van der Waals surface area contributed by atoms with Crippen LogP contribution in [0.2, 0.25) is 0 Å². The summed E-state index contributed by atoms with van der Waals surface area (Å²) in [5.74, 6) is 0.833. The summed E-state index contributed by atoms with van der Waals surface area (Å²) in [6, 6.07) is 5.51. The molecule has 6 heteroatoms. The highest BCUT2D eigenvalue weighted by Gasteiger charge is 2.24. The Bertz CT molecular complexity index is 795. The number of nitrogens with zero attached hydrogens (tertiary/aromatic N) is 1. The Morgan fingerprint density at radius 2 is 1.80 bits per heavy atom. The van der Waals surface area contributed by atoms with E-state index < -0.39 is 0 Å². The van der Waals surface area contributed by atoms with E-state index in [1.54, 1.807) is 18.2 Å². The molecular weight excluding hydrogens is 316 g/mol. The molecule has 0 unspecified atom stereocenters. The second-order valence-corrected chi connectivity index (χ2v) is 7.54. The number of imidazole rings is 1. The fraction of sp³-hybridized carbons (Fsp3) is 0.579. The van der Waals surface area contributed by atoms with Crippen molar-refractivity contribution in [1.82, 2.24) is 20.2 Å². The third-order valence-corrected chi connectivity index (χ3v) is 5.69. The van der Waals surface area contributed by atoms with E-state index in [9.17, 15) is 9.59 Å². The monoisotopic (exact) mass is 342 g/mol. The molecule has 2 aromatic rings. The summed E-state index contributed by atoms with van der Waals surface area (Å²) in [4.78, 5) is 31.8. The molecule has 1 amide bonds. The van der Waals surface area contributed by atoms with Crippen molar-refractivity contribution in [1.29, 1.82) is 0 Å². The first-order valence-electron chi connectivity index (χ1n) is 9.42. The lowest BCUT2D eigenvalue weighted by Gasteiger charge is -2.33. The molecule has 2 heterocycles. The second kappa shape index (κ2) is 7.04. The number of piperidine rings is 1. The fourth-order valence-electron chi connectivity index (χ4n) is 4.26. The Morgan fingerprint density at radius 1 is 1.08 bits per heavy atom. The number of carbonyl (C=O) groups is 1. The smallest absolute Gasteiger partial charge is 0.323 e. The van der Waals surface area contributed by atoms with Crippen molar-refractivity contribution < 1.29 is 4.79 Å². The predicted molar refractivity (Wildman–Crippen MR) is 97.8 cm³/mol. The summed E-state index contributed by atoms with van der Waals surface area (Å²) in [7, 11) is 0. The Balaban J connectivity index is 1.31. The van der Waals surface area contributed by atoms with Gasteiger partial charge in [-0.05, 0) is 49.8 Å². The van der Waals surface area contributed by atoms with Crippen LogP contribution in [0.5, 0.6) is 0 Å². The Morgan fingerprint density at radius 3 is 2.56 bits per heavy atom. The average Bonchev–Trinajstić information content (AvgIpc) is 3.24. The molecule has 6 nitrogen and oxygen atoms in total. The van der Waals surface area contributed by atoms with Gasteiger partial charge in [0, 0.05) is 31.2 Å². The number of likely N-dealkylation sites (tertiary alicyclic amines) is 1. The molecular formula is C19H26N4O2. The van der Waals surface area contributed by atoms with Crippen molar-refractivity contribution in [2.24, 2.45) is 5.92 Å². The lowest BCUT2D eigenvalue weighted by molar-refractivity contribution is 0.0906. The van der Waals surface area contributed by atoms with Crippen LogP contribution in [-0.2, 0) is 0 Å². The van der Waals surface area contributed by atoms with Crippen LogP contribution in [0.1, 0.15) is 48.9 Å². The molecule has 1 saturated carbocycles. The van der Waals surface area contributed by atoms with Gasteiger partial charge in [0.15, 0.2) is 0 Å². The van der Waals surface area contributed by atoms with Crippen LogP contribution in [0, 0.1) is 5.92 Å². The summed E-state index contributed by atoms with van der Waals surface area (Å²) >= 11 is 0. The maximum absolute atomic E-state index is 12.5. The van der Waals surface area contributed by atoms with Crippen LogP contribution in [0.3, 0.4) is 0 Å². The number of aromatic nitrogens is 2. The number of fused-ring (bicyclic) bond motifs is 1. The van der Waals surface area contributed by atoms with Gasteiger partial charge < -0.3 is 20.2 Å². The first-order valence-corrected chi connectivity index (χ1v) is 9.42. The van der Waals surface area contributed by atoms with Crippen LogP contribution < -0.4 is 11.0 Å². The summed E-state index contributed by atoms with van der Waals surface area (Å²) in [5, 5.41) is 3.15. The van der Waals surface area contributed by atoms with Crippen LogP contribution in [-0.4, -0.2) is 46.5 Å². The number of benzene rings is 1. The van der Waals surface area contributed by atoms with E-state index in [2.05, 4.69) is 20.2 Å². The molecule has 2 fully saturated rings. The molecule has 1 aliphatic carbocycles. The van der Waals surface area contributed by atoms with Gasteiger partial charge in [-0.2, -0.15) is 0 Å². The SMILES string of the molecule is O=C(NC1CCN(CC2CCCC2)CC1)c1ccc2[nH]c(=O)[nH]c2c1. The van der Waals surface area contributed by atoms with Crippen LogP contribution in [0.4, 0.5) is 0 Å². The van der Waals surface area contributed by atoms with Gasteiger partial charge in [0.05, 0.1) is 11.0 Å². The van der Waals surface area contributed by atoms with Gasteiger partial charge >= 0.3 is 5.69 Å². The number of amides is 1. The molecule has 3 N–H and O–H groups in total. The van der Waals surface area contributed by atoms with E-state index in [-0.39, 0.29) is 17.6 Å². The Kier molecular flexibility index (Phi) is 4.61. The highest BCUT2D eigenvalue weighted by Crippen LogP contribution is 2.26. The molecule has 134 valence electrons. The number of hydrogen-bond donors (Lipinski definition) is 3. The van der Waals surface area contributed by atoms with Gasteiger partial charge in [0.2, 0.25) is 0 Å². The van der Waals surface area contributed by atoms with Crippen LogP contribution >= 0.6 is 0 Å². The summed E-state index contributed by atoms with van der Waals surface area (Å²) < 4.78 is 0. The van der Waals surface area contributed by atoms with E-state index in [1.807, 2.05) is 0 Å². The topological polar surface area (TPSA) is 81.0 Å². The maximum atomic E-state index is 12.5. The maximum Gasteiger partial charge on any atom is 0.323 e. The third-order valence-electron chi connectivity index (χ3n) is 5.69. The number of rotatable bonds is 4. The summed E-state index contributed by atoms with van der Waals surface area (Å²) in [5.41, 5.74) is 1.74. The molecule has 0 atom stereocenters. The van der Waals surface area contributed by atoms with Crippen LogP contribution in [0.15, 0.2) is 23.0 Å². The van der Waals surface area contributed by atoms with Gasteiger partial charge in [0.1, 0.15) is 0 Å². The lowest BCUT2D eigenvalue weighted by Crippen LogP contribution is -2.45. The van der Waals surface area contributed by atoms with Crippen molar-refractivity contribution in [2.45, 2.75) is 44.6 Å². The number of H-pyrrole nitrogens is 2. The zero-order chi connectivity index (χ0) is 17.2. The molecule has 1 aromatic heterocycles. The number of nitrogens with one attached hydrogen (secondary N) is 3. The van der Waals surface area contributed by atoms with Gasteiger partial charge in [-0.1, -0.05) is 12.8 Å². The predicted octanol–water partition coefficient (Wildman–Crippen LogP) is 2.24. The molecule has 1 aromatic carbocycles. The highest BCUT2D eigenvalue weighted by molar-refractivity contribution is 5.97. The molecule has 4 rings (SSSR count). The first kappa shape index (κ1) is 16.4. The van der Waals surface area contributed by atoms with E-state index in [4.69, 9.17) is 0 Å².